The van der Waals surface area contributed by atoms with Gasteiger partial charge in [-0.15, -0.1) is 0 Å². The summed E-state index contributed by atoms with van der Waals surface area (Å²) in [5.74, 6) is -1.32. The van der Waals surface area contributed by atoms with Crippen LogP contribution >= 0.6 is 0 Å². The fourth-order valence-corrected chi connectivity index (χ4v) is 4.79. The summed E-state index contributed by atoms with van der Waals surface area (Å²) in [5.41, 5.74) is 0.698. The lowest BCUT2D eigenvalue weighted by atomic mass is 9.99. The number of piperidine rings is 1. The molecule has 1 aromatic rings. The summed E-state index contributed by atoms with van der Waals surface area (Å²) < 4.78 is 26.5. The van der Waals surface area contributed by atoms with Gasteiger partial charge in [0.25, 0.3) is 0 Å². The van der Waals surface area contributed by atoms with E-state index in [2.05, 4.69) is 15.5 Å². The van der Waals surface area contributed by atoms with Crippen LogP contribution in [0.15, 0.2) is 18.2 Å². The number of benzene rings is 1. The second-order valence-electron chi connectivity index (χ2n) is 8.05. The highest BCUT2D eigenvalue weighted by molar-refractivity contribution is 5.74. The van der Waals surface area contributed by atoms with Crippen molar-refractivity contribution in [3.05, 3.63) is 29.8 Å². The predicted molar refractivity (Wildman–Crippen MR) is 101 cm³/mol. The zero-order chi connectivity index (χ0) is 18.8. The summed E-state index contributed by atoms with van der Waals surface area (Å²) in [6.07, 6.45) is 5.66. The van der Waals surface area contributed by atoms with Crippen LogP contribution in [0, 0.1) is 17.6 Å². The molecule has 0 spiro atoms. The summed E-state index contributed by atoms with van der Waals surface area (Å²) >= 11 is 0. The minimum Gasteiger partial charge on any atom is -0.371 e. The molecule has 0 bridgehead atoms. The molecule has 148 valence electrons. The van der Waals surface area contributed by atoms with Gasteiger partial charge in [-0.1, -0.05) is 6.42 Å². The lowest BCUT2D eigenvalue weighted by Gasteiger charge is -2.32. The molecule has 3 aliphatic heterocycles. The Labute approximate surface area is 159 Å². The molecular formula is C20H28F2N4O. The Morgan fingerprint density at radius 3 is 2.81 bits per heavy atom. The maximum absolute atomic E-state index is 13.4. The van der Waals surface area contributed by atoms with Gasteiger partial charge in [0.2, 0.25) is 0 Å². The van der Waals surface area contributed by atoms with Gasteiger partial charge >= 0.3 is 6.03 Å². The number of hydrogen-bond donors (Lipinski definition) is 2. The van der Waals surface area contributed by atoms with Crippen molar-refractivity contribution in [1.82, 2.24) is 15.5 Å². The smallest absolute Gasteiger partial charge is 0.315 e. The van der Waals surface area contributed by atoms with Crippen molar-refractivity contribution >= 4 is 11.7 Å². The van der Waals surface area contributed by atoms with Crippen molar-refractivity contribution in [2.24, 2.45) is 5.92 Å². The van der Waals surface area contributed by atoms with E-state index >= 15 is 0 Å². The van der Waals surface area contributed by atoms with E-state index in [1.165, 1.54) is 31.4 Å². The third kappa shape index (κ3) is 4.18. The molecule has 0 radical (unpaired) electrons. The molecule has 4 rings (SSSR count). The summed E-state index contributed by atoms with van der Waals surface area (Å²) in [6.45, 7) is 4.38. The van der Waals surface area contributed by atoms with Crippen LogP contribution in [0.3, 0.4) is 0 Å². The average Bonchev–Trinajstić information content (AvgIpc) is 3.30. The van der Waals surface area contributed by atoms with Gasteiger partial charge in [-0.3, -0.25) is 4.90 Å². The number of fused-ring (bicyclic) bond motifs is 1. The fourth-order valence-electron chi connectivity index (χ4n) is 4.79. The number of nitrogens with one attached hydrogen (secondary N) is 2. The van der Waals surface area contributed by atoms with Crippen LogP contribution in [0.5, 0.6) is 0 Å². The van der Waals surface area contributed by atoms with Crippen LogP contribution in [0.25, 0.3) is 0 Å². The topological polar surface area (TPSA) is 47.6 Å². The van der Waals surface area contributed by atoms with Gasteiger partial charge in [0, 0.05) is 50.0 Å². The lowest BCUT2D eigenvalue weighted by molar-refractivity contribution is 0.178. The van der Waals surface area contributed by atoms with Gasteiger partial charge in [0.05, 0.1) is 0 Å². The Morgan fingerprint density at radius 1 is 1.07 bits per heavy atom. The number of nitrogens with zero attached hydrogens (tertiary/aromatic N) is 2. The highest BCUT2D eigenvalue weighted by atomic mass is 19.2. The molecule has 0 saturated carbocycles. The van der Waals surface area contributed by atoms with E-state index in [9.17, 15) is 13.6 Å². The molecule has 7 heteroatoms. The van der Waals surface area contributed by atoms with Crippen molar-refractivity contribution in [3.8, 4) is 0 Å². The van der Waals surface area contributed by atoms with Gasteiger partial charge in [-0.2, -0.15) is 0 Å². The zero-order valence-electron chi connectivity index (χ0n) is 15.6. The molecule has 3 fully saturated rings. The maximum Gasteiger partial charge on any atom is 0.315 e. The van der Waals surface area contributed by atoms with Crippen LogP contribution in [0.1, 0.15) is 32.1 Å². The standard InChI is InChI=1S/C20H28F2N4O/c21-16-5-4-15(11-17(16)22)26-9-6-14(13-26)12-23-20(27)24-18-7-10-25-8-2-1-3-19(18)25/h4-5,11,14,18-19H,1-3,6-10,12-13H2,(H2,23,24,27)/t14-,18+,19-/m0/s1. The largest absolute Gasteiger partial charge is 0.371 e. The number of halogens is 2. The number of rotatable bonds is 4. The van der Waals surface area contributed by atoms with Gasteiger partial charge < -0.3 is 15.5 Å². The van der Waals surface area contributed by atoms with Crippen LogP contribution < -0.4 is 15.5 Å². The van der Waals surface area contributed by atoms with E-state index in [-0.39, 0.29) is 12.1 Å². The van der Waals surface area contributed by atoms with Crippen LogP contribution in [0.4, 0.5) is 19.3 Å². The highest BCUT2D eigenvalue weighted by Gasteiger charge is 2.36. The Morgan fingerprint density at radius 2 is 1.96 bits per heavy atom. The first-order valence-electron chi connectivity index (χ1n) is 10.1. The molecule has 2 N–H and O–H groups in total. The maximum atomic E-state index is 13.4. The van der Waals surface area contributed by atoms with Crippen molar-refractivity contribution in [2.45, 2.75) is 44.2 Å². The van der Waals surface area contributed by atoms with Gasteiger partial charge in [-0.25, -0.2) is 13.6 Å². The molecule has 1 aromatic carbocycles. The SMILES string of the molecule is O=C(NC[C@@H]1CCN(c2ccc(F)c(F)c2)C1)N[C@@H]1CCN2CCCC[C@@H]12. The molecule has 5 nitrogen and oxygen atoms in total. The first-order chi connectivity index (χ1) is 13.1. The summed E-state index contributed by atoms with van der Waals surface area (Å²) in [4.78, 5) is 16.9. The van der Waals surface area contributed by atoms with Crippen LogP contribution in [-0.4, -0.2) is 55.7 Å². The second-order valence-corrected chi connectivity index (χ2v) is 8.05. The van der Waals surface area contributed by atoms with E-state index in [1.54, 1.807) is 6.07 Å². The number of hydrogen-bond acceptors (Lipinski definition) is 3. The van der Waals surface area contributed by atoms with Crippen molar-refractivity contribution < 1.29 is 13.6 Å². The molecule has 3 saturated heterocycles. The van der Waals surface area contributed by atoms with Crippen molar-refractivity contribution in [3.63, 3.8) is 0 Å². The first-order valence-corrected chi connectivity index (χ1v) is 10.1. The Kier molecular flexibility index (Phi) is 5.48. The first kappa shape index (κ1) is 18.5. The van der Waals surface area contributed by atoms with Crippen LogP contribution in [0.2, 0.25) is 0 Å². The number of anilines is 1. The van der Waals surface area contributed by atoms with E-state index < -0.39 is 11.6 Å². The summed E-state index contributed by atoms with van der Waals surface area (Å²) in [7, 11) is 0. The Bertz CT molecular complexity index is 686. The molecule has 3 heterocycles. The van der Waals surface area contributed by atoms with E-state index in [0.717, 1.165) is 39.0 Å². The van der Waals surface area contributed by atoms with E-state index in [1.807, 2.05) is 4.90 Å². The van der Waals surface area contributed by atoms with Gasteiger partial charge in [-0.05, 0) is 50.3 Å². The minimum absolute atomic E-state index is 0.0845. The predicted octanol–water partition coefficient (Wildman–Crippen LogP) is 2.72. The fraction of sp³-hybridized carbons (Fsp3) is 0.650. The third-order valence-electron chi connectivity index (χ3n) is 6.28. The molecule has 2 amide bonds. The zero-order valence-corrected chi connectivity index (χ0v) is 15.6. The van der Waals surface area contributed by atoms with Crippen molar-refractivity contribution in [1.29, 1.82) is 0 Å². The van der Waals surface area contributed by atoms with Gasteiger partial charge in [0.1, 0.15) is 0 Å². The minimum atomic E-state index is -0.823. The number of urea groups is 1. The molecule has 0 aliphatic carbocycles. The normalized spacial score (nSPS) is 28.2. The van der Waals surface area contributed by atoms with E-state index in [4.69, 9.17) is 0 Å². The van der Waals surface area contributed by atoms with E-state index in [0.29, 0.717) is 24.2 Å². The van der Waals surface area contributed by atoms with Crippen LogP contribution in [-0.2, 0) is 0 Å². The number of amides is 2. The molecule has 3 atom stereocenters. The van der Waals surface area contributed by atoms with Gasteiger partial charge in [0.15, 0.2) is 11.6 Å². The molecule has 0 unspecified atom stereocenters. The lowest BCUT2D eigenvalue weighted by Crippen LogP contribution is -2.50. The third-order valence-corrected chi connectivity index (χ3v) is 6.28. The Balaban J connectivity index is 1.22. The molecule has 3 aliphatic rings. The Hall–Kier alpha value is -1.89. The molecular weight excluding hydrogens is 350 g/mol. The number of carbonyl (C=O) groups is 1. The molecule has 0 aromatic heterocycles. The number of carbonyl (C=O) groups excluding carboxylic acids is 1. The van der Waals surface area contributed by atoms with Crippen molar-refractivity contribution in [2.75, 3.05) is 37.6 Å². The monoisotopic (exact) mass is 378 g/mol. The quantitative estimate of drug-likeness (QED) is 0.847. The summed E-state index contributed by atoms with van der Waals surface area (Å²) in [6, 6.07) is 4.69. The average molecular weight is 378 g/mol. The summed E-state index contributed by atoms with van der Waals surface area (Å²) in [5, 5.41) is 6.17. The second kappa shape index (κ2) is 8.00. The molecule has 27 heavy (non-hydrogen) atoms. The highest BCUT2D eigenvalue weighted by Crippen LogP contribution is 2.27.